The molecule has 2 aliphatic heterocycles. The molecular weight excluding hydrogens is 446 g/mol. The molecule has 0 aromatic carbocycles. The van der Waals surface area contributed by atoms with Crippen LogP contribution in [-0.2, 0) is 30.8 Å². The van der Waals surface area contributed by atoms with Crippen molar-refractivity contribution in [2.45, 2.75) is 67.8 Å². The summed E-state index contributed by atoms with van der Waals surface area (Å²) in [5, 5.41) is 32.9. The van der Waals surface area contributed by atoms with Crippen molar-refractivity contribution in [3.8, 4) is 0 Å². The fourth-order valence-electron chi connectivity index (χ4n) is 3.75. The van der Waals surface area contributed by atoms with Crippen molar-refractivity contribution in [1.82, 2.24) is 19.9 Å². The highest BCUT2D eigenvalue weighted by Crippen LogP contribution is 2.46. The molecule has 4 atom stereocenters. The monoisotopic (exact) mass is 473 g/mol. The highest BCUT2D eigenvalue weighted by molar-refractivity contribution is 7.93. The van der Waals surface area contributed by atoms with Crippen LogP contribution in [0.25, 0.3) is 0 Å². The van der Waals surface area contributed by atoms with Gasteiger partial charge in [0, 0.05) is 19.0 Å². The summed E-state index contributed by atoms with van der Waals surface area (Å²) in [6.07, 6.45) is 5.35. The number of quaternary nitrogens is 1. The molecule has 0 aliphatic carbocycles. The van der Waals surface area contributed by atoms with Gasteiger partial charge in [0.05, 0.1) is 37.1 Å². The molecule has 7 N–H and O–H groups in total. The van der Waals surface area contributed by atoms with Gasteiger partial charge in [-0.15, -0.1) is 5.10 Å². The van der Waals surface area contributed by atoms with Gasteiger partial charge >= 0.3 is 0 Å². The number of sulfone groups is 1. The summed E-state index contributed by atoms with van der Waals surface area (Å²) in [6.45, 7) is 1.10. The van der Waals surface area contributed by atoms with Crippen molar-refractivity contribution in [3.63, 3.8) is 0 Å². The minimum atomic E-state index is -3.84. The summed E-state index contributed by atoms with van der Waals surface area (Å²) in [6, 6.07) is -2.13. The molecule has 0 radical (unpaired) electrons. The maximum absolute atomic E-state index is 12.5. The maximum Gasteiger partial charge on any atom is 0.238 e. The Hall–Kier alpha value is -3.07. The van der Waals surface area contributed by atoms with Crippen molar-refractivity contribution in [1.29, 1.82) is 0 Å². The highest BCUT2D eigenvalue weighted by Gasteiger charge is 2.68. The molecule has 0 bridgehead atoms. The summed E-state index contributed by atoms with van der Waals surface area (Å²) < 4.78 is 24.6. The molecule has 1 aromatic rings. The summed E-state index contributed by atoms with van der Waals surface area (Å²) >= 11 is 0. The number of carboxylic acid groups (broad SMARTS) is 2. The van der Waals surface area contributed by atoms with Crippen LogP contribution in [0, 0.1) is 0 Å². The van der Waals surface area contributed by atoms with E-state index < -0.39 is 49.9 Å². The molecule has 0 saturated carbocycles. The Morgan fingerprint density at radius 1 is 1.41 bits per heavy atom. The molecule has 1 unspecified atom stereocenters. The van der Waals surface area contributed by atoms with E-state index >= 15 is 0 Å². The Balaban J connectivity index is 0.000000262. The molecule has 2 fully saturated rings. The second-order valence-corrected chi connectivity index (χ2v) is 10.5. The van der Waals surface area contributed by atoms with Gasteiger partial charge in [0.2, 0.25) is 11.7 Å². The smallest absolute Gasteiger partial charge is 0.238 e. The van der Waals surface area contributed by atoms with E-state index in [1.54, 1.807) is 0 Å². The fourth-order valence-corrected chi connectivity index (χ4v) is 6.10. The van der Waals surface area contributed by atoms with Gasteiger partial charge in [0.1, 0.15) is 16.2 Å². The van der Waals surface area contributed by atoms with Gasteiger partial charge < -0.3 is 30.4 Å². The molecule has 178 valence electrons. The summed E-state index contributed by atoms with van der Waals surface area (Å²) in [7, 11) is -3.84. The minimum Gasteiger partial charge on any atom is -0.548 e. The lowest BCUT2D eigenvalue weighted by Crippen LogP contribution is -2.68. The van der Waals surface area contributed by atoms with Gasteiger partial charge in [-0.2, -0.15) is 0 Å². The van der Waals surface area contributed by atoms with E-state index in [9.17, 15) is 33.0 Å². The Morgan fingerprint density at radius 2 is 2.06 bits per heavy atom. The summed E-state index contributed by atoms with van der Waals surface area (Å²) in [4.78, 5) is 34.0. The van der Waals surface area contributed by atoms with Crippen molar-refractivity contribution < 1.29 is 44.2 Å². The third-order valence-corrected chi connectivity index (χ3v) is 8.35. The van der Waals surface area contributed by atoms with Crippen molar-refractivity contribution in [2.24, 2.45) is 5.73 Å². The van der Waals surface area contributed by atoms with Crippen LogP contribution in [0.5, 0.6) is 0 Å². The number of nitrogens with two attached hydrogens (primary N) is 2. The second kappa shape index (κ2) is 9.60. The number of fused-ring (bicyclic) bond motifs is 1. The van der Waals surface area contributed by atoms with Gasteiger partial charge in [-0.25, -0.2) is 8.42 Å². The Morgan fingerprint density at radius 3 is 2.53 bits per heavy atom. The lowest BCUT2D eigenvalue weighted by Gasteiger charge is -2.38. The summed E-state index contributed by atoms with van der Waals surface area (Å²) in [5.74, 6) is -2.77. The number of carbonyl (C=O) groups is 3. The van der Waals surface area contributed by atoms with Crippen LogP contribution in [0.4, 0.5) is 0 Å². The first-order valence-corrected chi connectivity index (χ1v) is 11.4. The molecule has 32 heavy (non-hydrogen) atoms. The van der Waals surface area contributed by atoms with E-state index in [0.29, 0.717) is 18.7 Å². The minimum absolute atomic E-state index is 0.181. The molecule has 2 saturated heterocycles. The standard InChI is InChI=1S/C10H12N4O5S.C7H15N3O2/c1-10(5-13-3-2-11-12-13)8(9(16)17)14-6(15)4-7(14)20(10,18)19;8-5(7(11)12)3-1-2-4-6(9)10/h2-3,7-8H,4-5H2,1H3,(H,16,17);5H,1-4,8H2,(H3,9,10)(H,11,12)/t7?,8-,10-;5-/m00/s1. The number of nitrogens with zero attached hydrogens (tertiary/aromatic N) is 4. The maximum atomic E-state index is 12.5. The molecule has 14 nitrogen and oxygen atoms in total. The zero-order valence-electron chi connectivity index (χ0n) is 17.5. The fraction of sp³-hybridized carbons (Fsp3) is 0.647. The van der Waals surface area contributed by atoms with Crippen LogP contribution in [0.1, 0.15) is 39.0 Å². The number of amides is 1. The first-order valence-electron chi connectivity index (χ1n) is 9.83. The lowest BCUT2D eigenvalue weighted by molar-refractivity contribution is -0.438. The number of aliphatic carboxylic acids is 2. The third kappa shape index (κ3) is 4.88. The lowest BCUT2D eigenvalue weighted by atomic mass is 9.96. The predicted octanol–water partition coefficient (Wildman–Crippen LogP) is -6.83. The molecule has 15 heteroatoms. The topological polar surface area (TPSA) is 245 Å². The number of carbonyl (C=O) groups excluding carboxylic acids is 3. The van der Waals surface area contributed by atoms with E-state index in [4.69, 9.17) is 11.1 Å². The number of rotatable bonds is 9. The average Bonchev–Trinajstić information content (AvgIpc) is 3.23. The molecule has 1 aromatic heterocycles. The SMILES string of the molecule is C[C@]1(Cn2ccnn2)[C@H](C(=O)[O-])N2C(=O)CC2S1(=O)=O.NC(=[NH2+])CCCC[C@H]([NH3+])C(=O)[O-]. The Labute approximate surface area is 184 Å². The number of carboxylic acids is 2. The van der Waals surface area contributed by atoms with E-state index in [1.807, 2.05) is 0 Å². The van der Waals surface area contributed by atoms with Crippen LogP contribution < -0.4 is 27.1 Å². The van der Waals surface area contributed by atoms with Gasteiger partial charge in [-0.05, 0) is 19.8 Å². The van der Waals surface area contributed by atoms with E-state index in [0.717, 1.165) is 17.7 Å². The van der Waals surface area contributed by atoms with Crippen LogP contribution in [0.2, 0.25) is 0 Å². The number of hydrogen-bond acceptors (Lipinski definition) is 9. The second-order valence-electron chi connectivity index (χ2n) is 7.98. The van der Waals surface area contributed by atoms with E-state index in [-0.39, 0.29) is 13.0 Å². The predicted molar refractivity (Wildman–Crippen MR) is 103 cm³/mol. The third-order valence-electron chi connectivity index (χ3n) is 5.58. The highest BCUT2D eigenvalue weighted by atomic mass is 32.2. The van der Waals surface area contributed by atoms with E-state index in [1.165, 1.54) is 24.0 Å². The van der Waals surface area contributed by atoms with Crippen LogP contribution in [0.3, 0.4) is 0 Å². The molecule has 1 amide bonds. The molecule has 3 rings (SSSR count). The largest absolute Gasteiger partial charge is 0.548 e. The quantitative estimate of drug-likeness (QED) is 0.132. The number of hydrogen-bond donors (Lipinski definition) is 3. The number of β-lactam (4-membered cyclic amide) rings is 1. The van der Waals surface area contributed by atoms with Crippen LogP contribution in [0.15, 0.2) is 12.4 Å². The Bertz CT molecular complexity index is 981. The first-order chi connectivity index (χ1) is 14.8. The zero-order chi connectivity index (χ0) is 24.3. The van der Waals surface area contributed by atoms with Gasteiger partial charge in [-0.1, -0.05) is 5.21 Å². The first kappa shape index (κ1) is 25.2. The van der Waals surface area contributed by atoms with Crippen molar-refractivity contribution in [2.75, 3.05) is 0 Å². The molecule has 0 spiro atoms. The molecule has 3 heterocycles. The van der Waals surface area contributed by atoms with Gasteiger partial charge in [0.15, 0.2) is 9.84 Å². The van der Waals surface area contributed by atoms with E-state index in [2.05, 4.69) is 16.0 Å². The number of unbranched alkanes of at least 4 members (excludes halogenated alkanes) is 1. The number of amidine groups is 1. The van der Waals surface area contributed by atoms with Crippen LogP contribution in [-0.4, -0.2) is 74.2 Å². The van der Waals surface area contributed by atoms with Crippen molar-refractivity contribution in [3.05, 3.63) is 12.4 Å². The molecular formula is C17H27N7O7S. The van der Waals surface area contributed by atoms with Gasteiger partial charge in [0.25, 0.3) is 0 Å². The Kier molecular flexibility index (Phi) is 7.56. The van der Waals surface area contributed by atoms with Crippen molar-refractivity contribution >= 4 is 33.5 Å². The normalized spacial score (nSPS) is 26.3. The number of aromatic nitrogens is 3. The average molecular weight is 474 g/mol. The van der Waals surface area contributed by atoms with Gasteiger partial charge in [-0.3, -0.25) is 20.6 Å². The zero-order valence-corrected chi connectivity index (χ0v) is 18.4. The summed E-state index contributed by atoms with van der Waals surface area (Å²) in [5.41, 5.74) is 8.64. The molecule has 2 aliphatic rings. The van der Waals surface area contributed by atoms with Crippen LogP contribution >= 0.6 is 0 Å².